The van der Waals surface area contributed by atoms with E-state index in [0.717, 1.165) is 17.9 Å². The lowest BCUT2D eigenvalue weighted by Gasteiger charge is -2.44. The number of rotatable bonds is 3. The summed E-state index contributed by atoms with van der Waals surface area (Å²) in [5.74, 6) is 1.28. The van der Waals surface area contributed by atoms with Crippen molar-refractivity contribution in [1.29, 1.82) is 0 Å². The van der Waals surface area contributed by atoms with Crippen molar-refractivity contribution >= 4 is 11.8 Å². The molecule has 2 bridgehead atoms. The molecule has 0 unspecified atom stereocenters. The Morgan fingerprint density at radius 3 is 2.80 bits per heavy atom. The number of hydrogen-bond acceptors (Lipinski definition) is 6. The summed E-state index contributed by atoms with van der Waals surface area (Å²) in [7, 11) is 3.62. The summed E-state index contributed by atoms with van der Waals surface area (Å²) in [5, 5.41) is 7.37. The number of anilines is 1. The average Bonchev–Trinajstić information content (AvgIpc) is 3.08. The highest BCUT2D eigenvalue weighted by atomic mass is 16.5. The molecule has 1 atom stereocenters. The van der Waals surface area contributed by atoms with Crippen molar-refractivity contribution in [3.63, 3.8) is 0 Å². The van der Waals surface area contributed by atoms with Gasteiger partial charge < -0.3 is 4.74 Å². The number of piperidine rings is 3. The Bertz CT molecular complexity index is 764. The maximum Gasteiger partial charge on any atom is 0.290 e. The van der Waals surface area contributed by atoms with Crippen molar-refractivity contribution in [3.05, 3.63) is 24.7 Å². The van der Waals surface area contributed by atoms with Gasteiger partial charge in [0.1, 0.15) is 18.2 Å². The maximum absolute atomic E-state index is 6.15. The molecule has 0 spiro atoms. The van der Waals surface area contributed by atoms with Crippen molar-refractivity contribution in [1.82, 2.24) is 24.6 Å². The number of amidine groups is 1. The van der Waals surface area contributed by atoms with Crippen molar-refractivity contribution in [2.45, 2.75) is 18.9 Å². The monoisotopic (exact) mass is 341 g/mol. The number of aliphatic imine (C=N–C) groups is 1. The molecule has 25 heavy (non-hydrogen) atoms. The maximum atomic E-state index is 6.15. The zero-order chi connectivity index (χ0) is 17.2. The molecule has 0 saturated carbocycles. The van der Waals surface area contributed by atoms with Crippen LogP contribution in [0.4, 0.5) is 5.82 Å². The van der Waals surface area contributed by atoms with E-state index in [-0.39, 0.29) is 6.10 Å². The Morgan fingerprint density at radius 2 is 2.16 bits per heavy atom. The lowest BCUT2D eigenvalue weighted by molar-refractivity contribution is -0.0146. The molecule has 132 valence electrons. The molecule has 3 fully saturated rings. The van der Waals surface area contributed by atoms with Crippen molar-refractivity contribution < 1.29 is 4.74 Å². The highest BCUT2D eigenvalue weighted by molar-refractivity contribution is 5.88. The van der Waals surface area contributed by atoms with E-state index in [1.54, 1.807) is 17.9 Å². The van der Waals surface area contributed by atoms with Crippen LogP contribution in [0.25, 0.3) is 11.4 Å². The first kappa shape index (κ1) is 16.0. The molecule has 3 saturated heterocycles. The lowest BCUT2D eigenvalue weighted by atomic mass is 9.86. The van der Waals surface area contributed by atoms with E-state index in [9.17, 15) is 0 Å². The minimum absolute atomic E-state index is 0.201. The van der Waals surface area contributed by atoms with Gasteiger partial charge in [-0.2, -0.15) is 5.10 Å². The van der Waals surface area contributed by atoms with Crippen LogP contribution in [-0.4, -0.2) is 63.5 Å². The van der Waals surface area contributed by atoms with Crippen LogP contribution in [0.2, 0.25) is 0 Å². The van der Waals surface area contributed by atoms with Crippen molar-refractivity contribution in [2.75, 3.05) is 32.0 Å². The largest absolute Gasteiger partial charge is 0.460 e. The van der Waals surface area contributed by atoms with Gasteiger partial charge in [-0.15, -0.1) is 0 Å². The van der Waals surface area contributed by atoms with Gasteiger partial charge in [-0.3, -0.25) is 14.9 Å². The second-order valence-electron chi connectivity index (χ2n) is 6.58. The van der Waals surface area contributed by atoms with E-state index in [0.29, 0.717) is 17.8 Å². The highest BCUT2D eigenvalue weighted by Gasteiger charge is 2.36. The van der Waals surface area contributed by atoms with Crippen molar-refractivity contribution in [2.24, 2.45) is 18.0 Å². The van der Waals surface area contributed by atoms with Gasteiger partial charge in [-0.05, 0) is 37.9 Å². The number of nitrogens with one attached hydrogen (secondary N) is 1. The second-order valence-corrected chi connectivity index (χ2v) is 6.58. The van der Waals surface area contributed by atoms with Crippen LogP contribution in [0.1, 0.15) is 12.8 Å². The van der Waals surface area contributed by atoms with E-state index in [1.165, 1.54) is 32.3 Å². The number of hydrogen-bond donors (Lipinski definition) is 1. The Labute approximate surface area is 146 Å². The van der Waals surface area contributed by atoms with Gasteiger partial charge in [0.15, 0.2) is 0 Å². The topological polar surface area (TPSA) is 80.5 Å². The molecule has 0 radical (unpaired) electrons. The van der Waals surface area contributed by atoms with E-state index < -0.39 is 0 Å². The minimum Gasteiger partial charge on any atom is -0.460 e. The zero-order valence-electron chi connectivity index (χ0n) is 14.6. The fraction of sp³-hybridized carbons (Fsp3) is 0.529. The molecule has 5 heterocycles. The van der Waals surface area contributed by atoms with E-state index in [2.05, 4.69) is 30.3 Å². The fourth-order valence-corrected chi connectivity index (χ4v) is 3.63. The summed E-state index contributed by atoms with van der Waals surface area (Å²) in [6, 6.07) is 4.31. The fourth-order valence-electron chi connectivity index (χ4n) is 3.63. The molecule has 0 aliphatic carbocycles. The minimum atomic E-state index is 0.201. The predicted octanol–water partition coefficient (Wildman–Crippen LogP) is 1.39. The third-order valence-corrected chi connectivity index (χ3v) is 5.05. The van der Waals surface area contributed by atoms with Gasteiger partial charge in [0.2, 0.25) is 0 Å². The predicted molar refractivity (Wildman–Crippen MR) is 95.3 cm³/mol. The van der Waals surface area contributed by atoms with Crippen LogP contribution in [0.3, 0.4) is 0 Å². The van der Waals surface area contributed by atoms with Crippen LogP contribution in [0.15, 0.2) is 29.6 Å². The molecule has 0 aromatic carbocycles. The Morgan fingerprint density at radius 1 is 1.32 bits per heavy atom. The molecule has 2 aromatic rings. The molecule has 0 amide bonds. The van der Waals surface area contributed by atoms with Crippen LogP contribution >= 0.6 is 0 Å². The molecule has 5 rings (SSSR count). The van der Waals surface area contributed by atoms with E-state index in [1.807, 2.05) is 19.2 Å². The van der Waals surface area contributed by atoms with E-state index >= 15 is 0 Å². The van der Waals surface area contributed by atoms with Crippen LogP contribution in [0, 0.1) is 5.92 Å². The summed E-state index contributed by atoms with van der Waals surface area (Å²) >= 11 is 0. The summed E-state index contributed by atoms with van der Waals surface area (Å²) in [4.78, 5) is 15.3. The summed E-state index contributed by atoms with van der Waals surface area (Å²) < 4.78 is 7.93. The van der Waals surface area contributed by atoms with Gasteiger partial charge in [-0.1, -0.05) is 0 Å². The molecule has 2 aromatic heterocycles. The van der Waals surface area contributed by atoms with Gasteiger partial charge in [0, 0.05) is 32.9 Å². The second kappa shape index (κ2) is 6.79. The van der Waals surface area contributed by atoms with Crippen molar-refractivity contribution in [3.8, 4) is 11.4 Å². The van der Waals surface area contributed by atoms with E-state index in [4.69, 9.17) is 4.74 Å². The third kappa shape index (κ3) is 3.34. The highest BCUT2D eigenvalue weighted by Crippen LogP contribution is 2.29. The van der Waals surface area contributed by atoms with Crippen LogP contribution < -0.4 is 5.32 Å². The summed E-state index contributed by atoms with van der Waals surface area (Å²) in [6.07, 6.45) is 5.90. The first-order chi connectivity index (χ1) is 12.2. The normalized spacial score (nSPS) is 25.8. The molecule has 3 aliphatic rings. The molecular formula is C17H23N7O. The van der Waals surface area contributed by atoms with Crippen LogP contribution in [-0.2, 0) is 11.8 Å². The quantitative estimate of drug-likeness (QED) is 0.671. The Balaban J connectivity index is 1.46. The molecular weight excluding hydrogens is 318 g/mol. The summed E-state index contributed by atoms with van der Waals surface area (Å²) in [6.45, 7) is 3.36. The number of aryl methyl sites for hydroxylation is 1. The standard InChI is InChI=1S/C17H23N7O/c1-18-17(25-15-10-24-7-4-12(15)5-8-24)22-16-9-13(19-11-20-16)14-3-6-21-23(14)2/h3,6,9,11-12,15H,4-5,7-8,10H2,1-2H3,(H,18,19,20,22)/t15-/m0/s1. The van der Waals surface area contributed by atoms with Gasteiger partial charge in [0.25, 0.3) is 6.02 Å². The number of aromatic nitrogens is 4. The molecule has 1 N–H and O–H groups in total. The number of fused-ring (bicyclic) bond motifs is 3. The van der Waals surface area contributed by atoms with Gasteiger partial charge in [-0.25, -0.2) is 15.0 Å². The zero-order valence-corrected chi connectivity index (χ0v) is 14.6. The first-order valence-corrected chi connectivity index (χ1v) is 8.66. The molecule has 8 heteroatoms. The summed E-state index contributed by atoms with van der Waals surface area (Å²) in [5.41, 5.74) is 1.73. The number of ether oxygens (including phenoxy) is 1. The average molecular weight is 341 g/mol. The Hall–Kier alpha value is -2.48. The van der Waals surface area contributed by atoms with Gasteiger partial charge >= 0.3 is 0 Å². The Kier molecular flexibility index (Phi) is 4.35. The smallest absolute Gasteiger partial charge is 0.290 e. The molecule has 8 nitrogen and oxygen atoms in total. The first-order valence-electron chi connectivity index (χ1n) is 8.66. The van der Waals surface area contributed by atoms with Crippen LogP contribution in [0.5, 0.6) is 0 Å². The lowest BCUT2D eigenvalue weighted by Crippen LogP contribution is -2.52. The molecule has 3 aliphatic heterocycles. The van der Waals surface area contributed by atoms with Gasteiger partial charge in [0.05, 0.1) is 11.4 Å². The third-order valence-electron chi connectivity index (χ3n) is 5.05. The SMILES string of the molecule is CN=C(Nc1cc(-c2ccnn2C)ncn1)O[C@H]1CN2CCC1CC2. The number of nitrogens with zero attached hydrogens (tertiary/aromatic N) is 6.